The number of hydrogen-bond acceptors (Lipinski definition) is 5. The van der Waals surface area contributed by atoms with Crippen LogP contribution in [0.2, 0.25) is 0 Å². The fourth-order valence-corrected chi connectivity index (χ4v) is 1.75. The number of fused-ring (bicyclic) bond motifs is 1. The SMILES string of the molecule is OCCCSc1nc2ncccn2n1. The van der Waals surface area contributed by atoms with E-state index in [1.54, 1.807) is 10.7 Å². The summed E-state index contributed by atoms with van der Waals surface area (Å²) in [6, 6.07) is 1.81. The molecular formula is C8H10N4OS. The molecule has 0 fully saturated rings. The minimum absolute atomic E-state index is 0.207. The highest BCUT2D eigenvalue weighted by Crippen LogP contribution is 2.13. The lowest BCUT2D eigenvalue weighted by atomic mass is 10.5. The first kappa shape index (κ1) is 9.42. The lowest BCUT2D eigenvalue weighted by molar-refractivity contribution is 0.296. The van der Waals surface area contributed by atoms with Gasteiger partial charge in [0.25, 0.3) is 5.78 Å². The zero-order valence-electron chi connectivity index (χ0n) is 7.50. The second-order valence-electron chi connectivity index (χ2n) is 2.68. The van der Waals surface area contributed by atoms with Crippen molar-refractivity contribution in [2.24, 2.45) is 0 Å². The van der Waals surface area contributed by atoms with Gasteiger partial charge in [0.05, 0.1) is 0 Å². The Bertz CT molecular complexity index is 383. The second kappa shape index (κ2) is 4.39. The van der Waals surface area contributed by atoms with E-state index in [0.29, 0.717) is 10.9 Å². The molecule has 2 aromatic rings. The van der Waals surface area contributed by atoms with Crippen molar-refractivity contribution in [2.45, 2.75) is 11.6 Å². The predicted octanol–water partition coefficient (Wildman–Crippen LogP) is 0.599. The maximum atomic E-state index is 8.61. The maximum absolute atomic E-state index is 8.61. The fourth-order valence-electron chi connectivity index (χ4n) is 1.00. The Balaban J connectivity index is 2.11. The van der Waals surface area contributed by atoms with Crippen molar-refractivity contribution in [3.05, 3.63) is 18.5 Å². The van der Waals surface area contributed by atoms with Gasteiger partial charge in [-0.25, -0.2) is 9.50 Å². The van der Waals surface area contributed by atoms with Gasteiger partial charge in [-0.2, -0.15) is 4.98 Å². The van der Waals surface area contributed by atoms with Gasteiger partial charge in [-0.05, 0) is 12.5 Å². The van der Waals surface area contributed by atoms with E-state index in [0.717, 1.165) is 12.2 Å². The third kappa shape index (κ3) is 2.02. The average molecular weight is 210 g/mol. The Morgan fingerprint density at radius 2 is 2.43 bits per heavy atom. The summed E-state index contributed by atoms with van der Waals surface area (Å²) in [5.74, 6) is 1.44. The summed E-state index contributed by atoms with van der Waals surface area (Å²) in [6.07, 6.45) is 4.26. The minimum Gasteiger partial charge on any atom is -0.396 e. The first-order valence-electron chi connectivity index (χ1n) is 4.31. The molecule has 2 heterocycles. The van der Waals surface area contributed by atoms with Crippen molar-refractivity contribution in [2.75, 3.05) is 12.4 Å². The van der Waals surface area contributed by atoms with Gasteiger partial charge in [0.15, 0.2) is 0 Å². The van der Waals surface area contributed by atoms with E-state index < -0.39 is 0 Å². The predicted molar refractivity (Wildman–Crippen MR) is 53.2 cm³/mol. The summed E-state index contributed by atoms with van der Waals surface area (Å²) in [5, 5.41) is 13.5. The Labute approximate surface area is 85.2 Å². The Hall–Kier alpha value is -1.14. The van der Waals surface area contributed by atoms with Crippen molar-refractivity contribution in [3.63, 3.8) is 0 Å². The van der Waals surface area contributed by atoms with Crippen LogP contribution in [-0.2, 0) is 0 Å². The molecule has 0 aliphatic heterocycles. The molecule has 0 saturated carbocycles. The van der Waals surface area contributed by atoms with Crippen LogP contribution in [0.1, 0.15) is 6.42 Å². The molecular weight excluding hydrogens is 200 g/mol. The molecule has 2 rings (SSSR count). The van der Waals surface area contributed by atoms with E-state index in [1.807, 2.05) is 12.3 Å². The topological polar surface area (TPSA) is 63.3 Å². The highest BCUT2D eigenvalue weighted by Gasteiger charge is 2.03. The summed E-state index contributed by atoms with van der Waals surface area (Å²) in [7, 11) is 0. The summed E-state index contributed by atoms with van der Waals surface area (Å²) in [4.78, 5) is 8.26. The van der Waals surface area contributed by atoms with E-state index >= 15 is 0 Å². The smallest absolute Gasteiger partial charge is 0.253 e. The lowest BCUT2D eigenvalue weighted by Crippen LogP contribution is -1.88. The largest absolute Gasteiger partial charge is 0.396 e. The lowest BCUT2D eigenvalue weighted by Gasteiger charge is -1.91. The molecule has 74 valence electrons. The van der Waals surface area contributed by atoms with Crippen LogP contribution in [0, 0.1) is 0 Å². The van der Waals surface area contributed by atoms with Gasteiger partial charge >= 0.3 is 0 Å². The van der Waals surface area contributed by atoms with Gasteiger partial charge < -0.3 is 5.11 Å². The average Bonchev–Trinajstić information content (AvgIpc) is 2.60. The summed E-state index contributed by atoms with van der Waals surface area (Å²) >= 11 is 1.53. The Morgan fingerprint density at radius 3 is 3.21 bits per heavy atom. The Morgan fingerprint density at radius 1 is 1.50 bits per heavy atom. The van der Waals surface area contributed by atoms with E-state index in [9.17, 15) is 0 Å². The van der Waals surface area contributed by atoms with E-state index in [-0.39, 0.29) is 6.61 Å². The number of aromatic nitrogens is 4. The molecule has 0 aliphatic rings. The van der Waals surface area contributed by atoms with Crippen molar-refractivity contribution in [3.8, 4) is 0 Å². The van der Waals surface area contributed by atoms with Crippen LogP contribution < -0.4 is 0 Å². The third-order valence-corrected chi connectivity index (χ3v) is 2.55. The standard InChI is InChI=1S/C8H10N4OS/c13-5-2-6-14-8-10-7-9-3-1-4-12(7)11-8/h1,3-4,13H,2,5-6H2. The molecule has 0 bridgehead atoms. The first-order valence-corrected chi connectivity index (χ1v) is 5.30. The molecule has 0 radical (unpaired) electrons. The number of nitrogens with zero attached hydrogens (tertiary/aromatic N) is 4. The molecule has 0 aromatic carbocycles. The van der Waals surface area contributed by atoms with Gasteiger partial charge in [0.2, 0.25) is 5.16 Å². The quantitative estimate of drug-likeness (QED) is 0.591. The van der Waals surface area contributed by atoms with Gasteiger partial charge in [0.1, 0.15) is 0 Å². The monoisotopic (exact) mass is 210 g/mol. The fraction of sp³-hybridized carbons (Fsp3) is 0.375. The van der Waals surface area contributed by atoms with Gasteiger partial charge in [-0.15, -0.1) is 5.10 Å². The molecule has 0 unspecified atom stereocenters. The Kier molecular flexibility index (Phi) is 2.95. The summed E-state index contributed by atoms with van der Waals surface area (Å²) in [5.41, 5.74) is 0. The van der Waals surface area contributed by atoms with Crippen LogP contribution in [0.15, 0.2) is 23.6 Å². The third-order valence-electron chi connectivity index (χ3n) is 1.63. The van der Waals surface area contributed by atoms with Gasteiger partial charge in [-0.3, -0.25) is 0 Å². The van der Waals surface area contributed by atoms with Crippen LogP contribution in [0.5, 0.6) is 0 Å². The highest BCUT2D eigenvalue weighted by molar-refractivity contribution is 7.99. The van der Waals surface area contributed by atoms with E-state index in [2.05, 4.69) is 15.1 Å². The van der Waals surface area contributed by atoms with Crippen LogP contribution >= 0.6 is 11.8 Å². The highest BCUT2D eigenvalue weighted by atomic mass is 32.2. The normalized spacial score (nSPS) is 10.9. The van der Waals surface area contributed by atoms with Gasteiger partial charge in [0, 0.05) is 24.8 Å². The van der Waals surface area contributed by atoms with Gasteiger partial charge in [-0.1, -0.05) is 11.8 Å². The molecule has 0 amide bonds. The zero-order chi connectivity index (χ0) is 9.80. The van der Waals surface area contributed by atoms with Crippen LogP contribution in [0.25, 0.3) is 5.78 Å². The van der Waals surface area contributed by atoms with Crippen LogP contribution in [0.3, 0.4) is 0 Å². The minimum atomic E-state index is 0.207. The molecule has 5 nitrogen and oxygen atoms in total. The number of rotatable bonds is 4. The maximum Gasteiger partial charge on any atom is 0.253 e. The molecule has 0 atom stereocenters. The summed E-state index contributed by atoms with van der Waals surface area (Å²) in [6.45, 7) is 0.207. The van der Waals surface area contributed by atoms with Crippen molar-refractivity contribution in [1.29, 1.82) is 0 Å². The first-order chi connectivity index (χ1) is 6.90. The number of thioether (sulfide) groups is 1. The molecule has 0 spiro atoms. The molecule has 2 aromatic heterocycles. The number of aliphatic hydroxyl groups excluding tert-OH is 1. The molecule has 6 heteroatoms. The van der Waals surface area contributed by atoms with E-state index in [4.69, 9.17) is 5.11 Å². The van der Waals surface area contributed by atoms with Crippen molar-refractivity contribution in [1.82, 2.24) is 19.6 Å². The zero-order valence-corrected chi connectivity index (χ0v) is 8.31. The summed E-state index contributed by atoms with van der Waals surface area (Å²) < 4.78 is 1.64. The molecule has 0 aliphatic carbocycles. The molecule has 0 saturated heterocycles. The van der Waals surface area contributed by atoms with Crippen molar-refractivity contribution < 1.29 is 5.11 Å². The van der Waals surface area contributed by atoms with Crippen LogP contribution in [-0.4, -0.2) is 37.0 Å². The molecule has 14 heavy (non-hydrogen) atoms. The number of hydrogen-bond donors (Lipinski definition) is 1. The van der Waals surface area contributed by atoms with Crippen molar-refractivity contribution >= 4 is 17.5 Å². The number of aliphatic hydroxyl groups is 1. The second-order valence-corrected chi connectivity index (χ2v) is 3.75. The molecule has 1 N–H and O–H groups in total. The van der Waals surface area contributed by atoms with E-state index in [1.165, 1.54) is 11.8 Å². The van der Waals surface area contributed by atoms with Crippen LogP contribution in [0.4, 0.5) is 0 Å².